The number of fused-ring (bicyclic) bond motifs is 6. The number of ether oxygens (including phenoxy) is 1. The van der Waals surface area contributed by atoms with Gasteiger partial charge in [0.25, 0.3) is 0 Å². The molecule has 4 unspecified atom stereocenters. The summed E-state index contributed by atoms with van der Waals surface area (Å²) in [5.41, 5.74) is 14.2. The van der Waals surface area contributed by atoms with Crippen LogP contribution in [0.4, 0.5) is 0 Å². The monoisotopic (exact) mass is 748 g/mol. The summed E-state index contributed by atoms with van der Waals surface area (Å²) in [6.45, 7) is 0. The fraction of sp³-hybridized carbons (Fsp3) is 0.0690. The molecule has 0 saturated heterocycles. The maximum Gasteiger partial charge on any atom is 0.132 e. The number of hydrogen-bond donors (Lipinski definition) is 0. The molecule has 1 nitrogen and oxygen atoms in total. The van der Waals surface area contributed by atoms with Crippen molar-refractivity contribution in [3.8, 4) is 16.9 Å². The highest BCUT2D eigenvalue weighted by Gasteiger charge is 2.39. The molecule has 0 fully saturated rings. The van der Waals surface area contributed by atoms with E-state index in [0.717, 1.165) is 11.3 Å². The molecule has 0 aromatic heterocycles. The van der Waals surface area contributed by atoms with Crippen molar-refractivity contribution in [1.82, 2.24) is 0 Å². The van der Waals surface area contributed by atoms with Crippen molar-refractivity contribution in [3.63, 3.8) is 0 Å². The van der Waals surface area contributed by atoms with Crippen LogP contribution in [0.2, 0.25) is 0 Å². The van der Waals surface area contributed by atoms with Gasteiger partial charge in [-0.1, -0.05) is 170 Å². The Kier molecular flexibility index (Phi) is 6.30. The van der Waals surface area contributed by atoms with Crippen LogP contribution in [-0.2, 0) is 0 Å². The minimum atomic E-state index is -0.0920. The zero-order chi connectivity index (χ0) is 38.3. The number of hydrogen-bond acceptors (Lipinski definition) is 1. The Hall–Kier alpha value is -7.22. The van der Waals surface area contributed by atoms with E-state index in [1.54, 1.807) is 0 Å². The summed E-state index contributed by atoms with van der Waals surface area (Å²) >= 11 is 0. The maximum absolute atomic E-state index is 7.17. The summed E-state index contributed by atoms with van der Waals surface area (Å²) in [5.74, 6) is 1.71. The Bertz CT molecular complexity index is 3530. The van der Waals surface area contributed by atoms with Crippen molar-refractivity contribution in [2.45, 2.75) is 17.9 Å². The predicted molar refractivity (Wildman–Crippen MR) is 248 cm³/mol. The van der Waals surface area contributed by atoms with E-state index in [0.29, 0.717) is 11.8 Å². The van der Waals surface area contributed by atoms with Gasteiger partial charge in [-0.3, -0.25) is 0 Å². The van der Waals surface area contributed by atoms with Crippen LogP contribution in [0.25, 0.3) is 88.3 Å². The van der Waals surface area contributed by atoms with Crippen molar-refractivity contribution in [3.05, 3.63) is 221 Å². The first kappa shape index (κ1) is 31.8. The van der Waals surface area contributed by atoms with Crippen molar-refractivity contribution < 1.29 is 4.74 Å². The van der Waals surface area contributed by atoms with E-state index in [9.17, 15) is 0 Å². The molecular formula is C58H36O. The molecule has 0 spiro atoms. The number of allylic oxidation sites excluding steroid dienone is 8. The smallest absolute Gasteiger partial charge is 0.132 e. The van der Waals surface area contributed by atoms with Crippen molar-refractivity contribution in [2.24, 2.45) is 5.92 Å². The first-order valence-corrected chi connectivity index (χ1v) is 21.0. The van der Waals surface area contributed by atoms with Crippen molar-refractivity contribution in [2.75, 3.05) is 0 Å². The second-order valence-corrected chi connectivity index (χ2v) is 17.0. The zero-order valence-corrected chi connectivity index (χ0v) is 32.2. The van der Waals surface area contributed by atoms with Gasteiger partial charge in [0.2, 0.25) is 0 Å². The Balaban J connectivity index is 1.01. The lowest BCUT2D eigenvalue weighted by atomic mass is 9.67. The summed E-state index contributed by atoms with van der Waals surface area (Å²) in [6.07, 6.45) is 21.3. The summed E-state index contributed by atoms with van der Waals surface area (Å²) in [5, 5.41) is 12.9. The molecule has 274 valence electrons. The standard InChI is InChI=1S/C58H36O/c1-2-12-42-39(7-1)29-49(46-14-4-3-13-45(42)46)51-31-41(44-25-20-38-18-16-34-9-6-11-36-22-27-48(44)57(38)55(34)36)32-52-50-30-40(23-28-53(50)59-58(51)52)43-24-19-37-17-15-33-8-5-10-35-21-26-47(43)56(37)54(33)35/h1-32,38,50,53,57H. The molecule has 59 heavy (non-hydrogen) atoms. The summed E-state index contributed by atoms with van der Waals surface area (Å²) in [4.78, 5) is 0. The van der Waals surface area contributed by atoms with Crippen LogP contribution >= 0.6 is 0 Å². The minimum absolute atomic E-state index is 0.0618. The molecule has 0 saturated carbocycles. The van der Waals surface area contributed by atoms with E-state index in [-0.39, 0.29) is 12.0 Å². The molecule has 1 aliphatic heterocycles. The van der Waals surface area contributed by atoms with Crippen LogP contribution in [0.3, 0.4) is 0 Å². The van der Waals surface area contributed by atoms with E-state index in [4.69, 9.17) is 4.74 Å². The molecule has 1 heteroatoms. The third-order valence-corrected chi connectivity index (χ3v) is 14.1. The summed E-state index contributed by atoms with van der Waals surface area (Å²) < 4.78 is 7.17. The molecule has 0 bridgehead atoms. The summed E-state index contributed by atoms with van der Waals surface area (Å²) in [6, 6.07) is 52.2. The Morgan fingerprint density at radius 2 is 1.19 bits per heavy atom. The predicted octanol–water partition coefficient (Wildman–Crippen LogP) is 14.8. The van der Waals surface area contributed by atoms with Crippen molar-refractivity contribution in [1.29, 1.82) is 0 Å². The molecule has 1 heterocycles. The van der Waals surface area contributed by atoms with Crippen LogP contribution in [-0.4, -0.2) is 6.10 Å². The largest absolute Gasteiger partial charge is 0.484 e. The van der Waals surface area contributed by atoms with E-state index in [1.807, 2.05) is 0 Å². The molecule has 0 amide bonds. The van der Waals surface area contributed by atoms with Gasteiger partial charge in [-0.2, -0.15) is 0 Å². The van der Waals surface area contributed by atoms with Gasteiger partial charge in [-0.25, -0.2) is 0 Å². The fourth-order valence-electron chi connectivity index (χ4n) is 11.4. The van der Waals surface area contributed by atoms with Gasteiger partial charge in [0.1, 0.15) is 11.9 Å². The molecule has 9 aromatic rings. The van der Waals surface area contributed by atoms with E-state index >= 15 is 0 Å². The number of benzene rings is 9. The Morgan fingerprint density at radius 1 is 0.458 bits per heavy atom. The van der Waals surface area contributed by atoms with Crippen LogP contribution in [0, 0.1) is 5.92 Å². The van der Waals surface area contributed by atoms with Crippen LogP contribution in [0.15, 0.2) is 188 Å². The van der Waals surface area contributed by atoms with Crippen LogP contribution < -0.4 is 4.74 Å². The number of rotatable bonds is 3. The third-order valence-electron chi connectivity index (χ3n) is 14.1. The van der Waals surface area contributed by atoms with Crippen LogP contribution in [0.1, 0.15) is 45.2 Å². The lowest BCUT2D eigenvalue weighted by Gasteiger charge is -2.37. The normalized spacial score (nSPS) is 20.8. The third kappa shape index (κ3) is 4.40. The Labute approximate surface area is 342 Å². The SMILES string of the molecule is C1=CC2Oc3c(-c4cc5ccccc5c5ccccc45)cc(C4=C5C=Cc6cccc7c6C5C(C=C4)C=C7)cc3C2C=C1c1ccc2ccc3cccc4ccc1c2c34. The topological polar surface area (TPSA) is 9.23 Å². The Morgan fingerprint density at radius 3 is 2.08 bits per heavy atom. The molecule has 4 atom stereocenters. The summed E-state index contributed by atoms with van der Waals surface area (Å²) in [7, 11) is 0. The lowest BCUT2D eigenvalue weighted by Crippen LogP contribution is -2.22. The van der Waals surface area contributed by atoms with Gasteiger partial charge < -0.3 is 4.74 Å². The molecule has 0 N–H and O–H groups in total. The quantitative estimate of drug-likeness (QED) is 0.164. The second kappa shape index (κ2) is 11.7. The highest BCUT2D eigenvalue weighted by molar-refractivity contribution is 6.25. The van der Waals surface area contributed by atoms with Gasteiger partial charge >= 0.3 is 0 Å². The van der Waals surface area contributed by atoms with Gasteiger partial charge in [0.05, 0.1) is 0 Å². The van der Waals surface area contributed by atoms with Gasteiger partial charge in [-0.15, -0.1) is 0 Å². The fourth-order valence-corrected chi connectivity index (χ4v) is 11.4. The highest BCUT2D eigenvalue weighted by Crippen LogP contribution is 2.54. The van der Waals surface area contributed by atoms with Crippen LogP contribution in [0.5, 0.6) is 5.75 Å². The van der Waals surface area contributed by atoms with Gasteiger partial charge in [-0.05, 0) is 128 Å². The molecule has 14 rings (SSSR count). The molecule has 5 aliphatic rings. The first-order valence-electron chi connectivity index (χ1n) is 21.0. The van der Waals surface area contributed by atoms with E-state index in [2.05, 4.69) is 194 Å². The van der Waals surface area contributed by atoms with E-state index in [1.165, 1.54) is 110 Å². The molecular weight excluding hydrogens is 713 g/mol. The van der Waals surface area contributed by atoms with E-state index < -0.39 is 0 Å². The lowest BCUT2D eigenvalue weighted by molar-refractivity contribution is 0.270. The average molecular weight is 749 g/mol. The van der Waals surface area contributed by atoms with Gasteiger partial charge in [0, 0.05) is 28.9 Å². The minimum Gasteiger partial charge on any atom is -0.484 e. The molecule has 0 radical (unpaired) electrons. The van der Waals surface area contributed by atoms with Gasteiger partial charge in [0.15, 0.2) is 0 Å². The maximum atomic E-state index is 7.17. The first-order chi connectivity index (χ1) is 29.2. The highest BCUT2D eigenvalue weighted by atomic mass is 16.5. The average Bonchev–Trinajstić information content (AvgIpc) is 3.67. The zero-order valence-electron chi connectivity index (χ0n) is 32.2. The van der Waals surface area contributed by atoms with Crippen molar-refractivity contribution >= 4 is 77.2 Å². The molecule has 4 aliphatic carbocycles. The molecule has 9 aromatic carbocycles. The second-order valence-electron chi connectivity index (χ2n) is 17.0.